The molecule has 21 heavy (non-hydrogen) atoms. The molecule has 0 bridgehead atoms. The lowest BCUT2D eigenvalue weighted by atomic mass is 10.0. The lowest BCUT2D eigenvalue weighted by Gasteiger charge is -2.19. The van der Waals surface area contributed by atoms with Crippen LogP contribution in [0.5, 0.6) is 0 Å². The molecule has 0 spiro atoms. The highest BCUT2D eigenvalue weighted by atomic mass is 32.1. The van der Waals surface area contributed by atoms with Gasteiger partial charge >= 0.3 is 0 Å². The monoisotopic (exact) mass is 298 g/mol. The van der Waals surface area contributed by atoms with E-state index >= 15 is 0 Å². The lowest BCUT2D eigenvalue weighted by molar-refractivity contribution is 0.0933. The van der Waals surface area contributed by atoms with E-state index in [4.69, 9.17) is 5.26 Å². The SMILES string of the molecule is CC(C)CC(NC(=O)c1ccc(C#N)cc1)c1cccs1. The summed E-state index contributed by atoms with van der Waals surface area (Å²) in [6, 6.07) is 12.8. The predicted octanol–water partition coefficient (Wildman–Crippen LogP) is 4.14. The Hall–Kier alpha value is -2.12. The Morgan fingerprint density at radius 3 is 2.52 bits per heavy atom. The zero-order valence-corrected chi connectivity index (χ0v) is 13.0. The Bertz CT molecular complexity index is 624. The van der Waals surface area contributed by atoms with Crippen LogP contribution in [0, 0.1) is 17.2 Å². The summed E-state index contributed by atoms with van der Waals surface area (Å²) in [6.45, 7) is 4.29. The fourth-order valence-electron chi connectivity index (χ4n) is 2.14. The van der Waals surface area contributed by atoms with Crippen molar-refractivity contribution in [1.29, 1.82) is 5.26 Å². The number of nitrogens with one attached hydrogen (secondary N) is 1. The first-order valence-electron chi connectivity index (χ1n) is 6.94. The molecule has 1 amide bonds. The van der Waals surface area contributed by atoms with Crippen molar-refractivity contribution >= 4 is 17.2 Å². The van der Waals surface area contributed by atoms with Gasteiger partial charge in [-0.1, -0.05) is 19.9 Å². The number of hydrogen-bond acceptors (Lipinski definition) is 3. The van der Waals surface area contributed by atoms with Crippen LogP contribution in [0.4, 0.5) is 0 Å². The van der Waals surface area contributed by atoms with Crippen LogP contribution >= 0.6 is 11.3 Å². The van der Waals surface area contributed by atoms with Gasteiger partial charge in [0.05, 0.1) is 17.7 Å². The number of nitrogens with zero attached hydrogens (tertiary/aromatic N) is 1. The summed E-state index contributed by atoms with van der Waals surface area (Å²) in [5.74, 6) is 0.400. The quantitative estimate of drug-likeness (QED) is 0.902. The molecule has 0 saturated carbocycles. The number of benzene rings is 1. The first-order chi connectivity index (χ1) is 10.1. The van der Waals surface area contributed by atoms with Gasteiger partial charge < -0.3 is 5.32 Å². The molecule has 4 heteroatoms. The largest absolute Gasteiger partial charge is 0.344 e. The lowest BCUT2D eigenvalue weighted by Crippen LogP contribution is -2.29. The van der Waals surface area contributed by atoms with Crippen molar-refractivity contribution in [2.75, 3.05) is 0 Å². The van der Waals surface area contributed by atoms with Crippen molar-refractivity contribution in [3.8, 4) is 6.07 Å². The Balaban J connectivity index is 2.12. The normalized spacial score (nSPS) is 11.9. The molecule has 1 aromatic heterocycles. The van der Waals surface area contributed by atoms with E-state index in [1.54, 1.807) is 35.6 Å². The predicted molar refractivity (Wildman–Crippen MR) is 85.1 cm³/mol. The topological polar surface area (TPSA) is 52.9 Å². The van der Waals surface area contributed by atoms with Gasteiger partial charge in [-0.3, -0.25) is 4.79 Å². The maximum atomic E-state index is 12.3. The molecule has 0 aliphatic heterocycles. The number of rotatable bonds is 5. The molecule has 3 nitrogen and oxygen atoms in total. The van der Waals surface area contributed by atoms with Gasteiger partial charge in [0.2, 0.25) is 0 Å². The van der Waals surface area contributed by atoms with Crippen LogP contribution in [0.1, 0.15) is 47.1 Å². The second kappa shape index (κ2) is 7.05. The van der Waals surface area contributed by atoms with E-state index in [1.807, 2.05) is 11.4 Å². The molecule has 0 radical (unpaired) electrons. The van der Waals surface area contributed by atoms with Crippen molar-refractivity contribution in [3.05, 3.63) is 57.8 Å². The Morgan fingerprint density at radius 2 is 2.00 bits per heavy atom. The van der Waals surface area contributed by atoms with Crippen LogP contribution in [-0.4, -0.2) is 5.91 Å². The van der Waals surface area contributed by atoms with E-state index in [9.17, 15) is 4.79 Å². The maximum absolute atomic E-state index is 12.3. The molecule has 1 N–H and O–H groups in total. The molecule has 1 heterocycles. The molecule has 1 aromatic carbocycles. The number of nitriles is 1. The van der Waals surface area contributed by atoms with Crippen LogP contribution in [0.3, 0.4) is 0 Å². The van der Waals surface area contributed by atoms with Crippen LogP contribution in [0.15, 0.2) is 41.8 Å². The average molecular weight is 298 g/mol. The van der Waals surface area contributed by atoms with Crippen molar-refractivity contribution in [2.24, 2.45) is 5.92 Å². The molecule has 108 valence electrons. The molecule has 2 rings (SSSR count). The Kier molecular flexibility index (Phi) is 5.13. The summed E-state index contributed by atoms with van der Waals surface area (Å²) in [5, 5.41) is 13.9. The van der Waals surface area contributed by atoms with Gasteiger partial charge in [-0.05, 0) is 48.1 Å². The third kappa shape index (κ3) is 4.17. The zero-order valence-electron chi connectivity index (χ0n) is 12.2. The van der Waals surface area contributed by atoms with Gasteiger partial charge in [0.15, 0.2) is 0 Å². The van der Waals surface area contributed by atoms with E-state index in [2.05, 4.69) is 31.3 Å². The van der Waals surface area contributed by atoms with Crippen molar-refractivity contribution < 1.29 is 4.79 Å². The average Bonchev–Trinajstić information content (AvgIpc) is 3.00. The molecule has 0 saturated heterocycles. The van der Waals surface area contributed by atoms with Crippen molar-refractivity contribution in [1.82, 2.24) is 5.32 Å². The first kappa shape index (κ1) is 15.3. The van der Waals surface area contributed by atoms with Crippen LogP contribution in [0.2, 0.25) is 0 Å². The molecule has 0 fully saturated rings. The zero-order chi connectivity index (χ0) is 15.2. The molecular weight excluding hydrogens is 280 g/mol. The Labute approximate surface area is 129 Å². The van der Waals surface area contributed by atoms with Crippen molar-refractivity contribution in [3.63, 3.8) is 0 Å². The van der Waals surface area contributed by atoms with Gasteiger partial charge in [-0.2, -0.15) is 5.26 Å². The minimum atomic E-state index is -0.0986. The molecule has 0 aliphatic carbocycles. The number of carbonyl (C=O) groups is 1. The minimum Gasteiger partial charge on any atom is -0.344 e. The summed E-state index contributed by atoms with van der Waals surface area (Å²) < 4.78 is 0. The van der Waals surface area contributed by atoms with Crippen LogP contribution in [-0.2, 0) is 0 Å². The smallest absolute Gasteiger partial charge is 0.251 e. The minimum absolute atomic E-state index is 0.0353. The summed E-state index contributed by atoms with van der Waals surface area (Å²) >= 11 is 1.66. The number of thiophene rings is 1. The van der Waals surface area contributed by atoms with Crippen LogP contribution in [0.25, 0.3) is 0 Å². The van der Waals surface area contributed by atoms with Crippen molar-refractivity contribution in [2.45, 2.75) is 26.3 Å². The standard InChI is InChI=1S/C17H18N2OS/c1-12(2)10-15(16-4-3-9-21-16)19-17(20)14-7-5-13(11-18)6-8-14/h3-9,12,15H,10H2,1-2H3,(H,19,20). The van der Waals surface area contributed by atoms with Gasteiger partial charge in [0, 0.05) is 10.4 Å². The maximum Gasteiger partial charge on any atom is 0.251 e. The molecular formula is C17H18N2OS. The number of hydrogen-bond donors (Lipinski definition) is 1. The van der Waals surface area contributed by atoms with E-state index < -0.39 is 0 Å². The summed E-state index contributed by atoms with van der Waals surface area (Å²) in [4.78, 5) is 13.5. The van der Waals surface area contributed by atoms with E-state index in [1.165, 1.54) is 4.88 Å². The summed E-state index contributed by atoms with van der Waals surface area (Å²) in [7, 11) is 0. The van der Waals surface area contributed by atoms with E-state index in [0.29, 0.717) is 17.0 Å². The molecule has 1 atom stereocenters. The van der Waals surface area contributed by atoms with Gasteiger partial charge in [0.1, 0.15) is 0 Å². The van der Waals surface area contributed by atoms with Gasteiger partial charge in [-0.15, -0.1) is 11.3 Å². The first-order valence-corrected chi connectivity index (χ1v) is 7.82. The third-order valence-electron chi connectivity index (χ3n) is 3.18. The highest BCUT2D eigenvalue weighted by Gasteiger charge is 2.17. The highest BCUT2D eigenvalue weighted by Crippen LogP contribution is 2.25. The second-order valence-corrected chi connectivity index (χ2v) is 6.34. The third-order valence-corrected chi connectivity index (χ3v) is 4.16. The highest BCUT2D eigenvalue weighted by molar-refractivity contribution is 7.10. The van der Waals surface area contributed by atoms with Gasteiger partial charge in [-0.25, -0.2) is 0 Å². The van der Waals surface area contributed by atoms with Gasteiger partial charge in [0.25, 0.3) is 5.91 Å². The summed E-state index contributed by atoms with van der Waals surface area (Å²) in [5.41, 5.74) is 1.14. The van der Waals surface area contributed by atoms with E-state index in [-0.39, 0.29) is 11.9 Å². The number of carbonyl (C=O) groups excluding carboxylic acids is 1. The molecule has 0 aliphatic rings. The van der Waals surface area contributed by atoms with Crippen LogP contribution < -0.4 is 5.32 Å². The molecule has 1 unspecified atom stereocenters. The fourth-order valence-corrected chi connectivity index (χ4v) is 2.94. The number of amides is 1. The Morgan fingerprint density at radius 1 is 1.29 bits per heavy atom. The summed E-state index contributed by atoms with van der Waals surface area (Å²) in [6.07, 6.45) is 0.905. The van der Waals surface area contributed by atoms with E-state index in [0.717, 1.165) is 6.42 Å². The molecule has 2 aromatic rings. The second-order valence-electron chi connectivity index (χ2n) is 5.36. The fraction of sp³-hybridized carbons (Fsp3) is 0.294.